The fraction of sp³-hybridized carbons (Fsp3) is 0.280. The molecule has 0 amide bonds. The highest BCUT2D eigenvalue weighted by molar-refractivity contribution is 9.10. The predicted molar refractivity (Wildman–Crippen MR) is 131 cm³/mol. The lowest BCUT2D eigenvalue weighted by Crippen LogP contribution is -2.47. The Morgan fingerprint density at radius 3 is 2.25 bits per heavy atom. The topological polar surface area (TPSA) is 81.1 Å². The summed E-state index contributed by atoms with van der Waals surface area (Å²) in [6, 6.07) is 12.4. The van der Waals surface area contributed by atoms with E-state index in [0.29, 0.717) is 6.54 Å². The van der Waals surface area contributed by atoms with Crippen LogP contribution in [0.3, 0.4) is 0 Å². The Kier molecular flexibility index (Phi) is 8.79. The molecule has 168 valence electrons. The van der Waals surface area contributed by atoms with Crippen molar-refractivity contribution in [1.29, 1.82) is 0 Å². The van der Waals surface area contributed by atoms with E-state index in [9.17, 15) is 14.7 Å². The van der Waals surface area contributed by atoms with E-state index in [1.54, 1.807) is 36.4 Å². The lowest BCUT2D eigenvalue weighted by Gasteiger charge is -2.36. The largest absolute Gasteiger partial charge is 0.508 e. The number of hydrogen-bond acceptors (Lipinski definition) is 6. The lowest BCUT2D eigenvalue weighted by atomic mass is 10.1. The maximum Gasteiger partial charge on any atom is 0.163 e. The first-order valence-electron chi connectivity index (χ1n) is 10.5. The van der Waals surface area contributed by atoms with E-state index in [0.717, 1.165) is 47.5 Å². The molecule has 0 spiro atoms. The minimum Gasteiger partial charge on any atom is -0.508 e. The third-order valence-electron chi connectivity index (χ3n) is 5.27. The second kappa shape index (κ2) is 11.8. The molecule has 0 aromatic heterocycles. The molecular weight excluding hydrogens is 472 g/mol. The van der Waals surface area contributed by atoms with Crippen LogP contribution in [0.1, 0.15) is 17.5 Å². The summed E-state index contributed by atoms with van der Waals surface area (Å²) in [5, 5.41) is 18.4. The van der Waals surface area contributed by atoms with E-state index in [4.69, 9.17) is 5.11 Å². The van der Waals surface area contributed by atoms with Crippen LogP contribution in [0, 0.1) is 0 Å². The highest BCUT2D eigenvalue weighted by Gasteiger charge is 2.18. The molecule has 0 saturated carbocycles. The number of aliphatic hydroxyl groups is 1. The number of carbonyl (C=O) groups is 2. The Labute approximate surface area is 196 Å². The van der Waals surface area contributed by atoms with Gasteiger partial charge in [-0.15, -0.1) is 0 Å². The summed E-state index contributed by atoms with van der Waals surface area (Å²) >= 11 is 3.53. The van der Waals surface area contributed by atoms with Crippen molar-refractivity contribution in [2.75, 3.05) is 44.2 Å². The molecule has 2 N–H and O–H groups in total. The van der Waals surface area contributed by atoms with Gasteiger partial charge in [-0.2, -0.15) is 0 Å². The zero-order valence-corrected chi connectivity index (χ0v) is 19.4. The fourth-order valence-corrected chi connectivity index (χ4v) is 3.88. The van der Waals surface area contributed by atoms with Crippen LogP contribution < -0.4 is 4.90 Å². The van der Waals surface area contributed by atoms with Crippen molar-refractivity contribution in [2.24, 2.45) is 0 Å². The smallest absolute Gasteiger partial charge is 0.163 e. The second-order valence-electron chi connectivity index (χ2n) is 7.62. The van der Waals surface area contributed by atoms with Crippen LogP contribution in [0.15, 0.2) is 59.1 Å². The molecule has 2 aromatic rings. The molecule has 1 aliphatic heterocycles. The van der Waals surface area contributed by atoms with E-state index >= 15 is 0 Å². The number of β-amino-alcohol motifs (C(OH)–C–C–N with tert-alkyl or cyclic N) is 1. The van der Waals surface area contributed by atoms with E-state index in [1.807, 2.05) is 18.2 Å². The van der Waals surface area contributed by atoms with Crippen molar-refractivity contribution in [3.63, 3.8) is 0 Å². The molecular formula is C25H27BrN2O4. The zero-order chi connectivity index (χ0) is 22.9. The van der Waals surface area contributed by atoms with E-state index < -0.39 is 0 Å². The SMILES string of the molecule is O=C(/C=C/c1ccc(O)cc1)CC(=O)/C=C/c1ccc(Br)cc1N1CCN(CCO)CC1. The molecule has 1 aliphatic rings. The van der Waals surface area contributed by atoms with Crippen LogP contribution in [0.25, 0.3) is 12.2 Å². The summed E-state index contributed by atoms with van der Waals surface area (Å²) in [6.07, 6.45) is 6.04. The van der Waals surface area contributed by atoms with E-state index in [2.05, 4.69) is 25.7 Å². The molecule has 0 bridgehead atoms. The monoisotopic (exact) mass is 498 g/mol. The number of piperazine rings is 1. The number of ketones is 2. The van der Waals surface area contributed by atoms with Gasteiger partial charge in [0.05, 0.1) is 13.0 Å². The van der Waals surface area contributed by atoms with Gasteiger partial charge in [-0.1, -0.05) is 40.2 Å². The highest BCUT2D eigenvalue weighted by Crippen LogP contribution is 2.27. The molecule has 0 unspecified atom stereocenters. The fourth-order valence-electron chi connectivity index (χ4n) is 3.53. The molecule has 0 aliphatic carbocycles. The molecule has 32 heavy (non-hydrogen) atoms. The molecule has 6 nitrogen and oxygen atoms in total. The van der Waals surface area contributed by atoms with Gasteiger partial charge >= 0.3 is 0 Å². The Hall–Kier alpha value is -2.74. The molecule has 0 atom stereocenters. The highest BCUT2D eigenvalue weighted by atomic mass is 79.9. The molecule has 0 radical (unpaired) electrons. The molecule has 1 heterocycles. The average Bonchev–Trinajstić information content (AvgIpc) is 2.78. The van der Waals surface area contributed by atoms with Crippen molar-refractivity contribution in [3.8, 4) is 5.75 Å². The molecule has 2 aromatic carbocycles. The number of benzene rings is 2. The number of phenols is 1. The summed E-state index contributed by atoms with van der Waals surface area (Å²) < 4.78 is 0.961. The maximum absolute atomic E-state index is 12.3. The van der Waals surface area contributed by atoms with Crippen molar-refractivity contribution in [2.45, 2.75) is 6.42 Å². The second-order valence-corrected chi connectivity index (χ2v) is 8.54. The minimum atomic E-state index is -0.274. The number of phenolic OH excluding ortho intramolecular Hbond substituents is 1. The quantitative estimate of drug-likeness (QED) is 0.406. The summed E-state index contributed by atoms with van der Waals surface area (Å²) in [6.45, 7) is 4.27. The Morgan fingerprint density at radius 1 is 0.938 bits per heavy atom. The number of hydrogen-bond donors (Lipinski definition) is 2. The van der Waals surface area contributed by atoms with Gasteiger partial charge in [0, 0.05) is 42.9 Å². The Morgan fingerprint density at radius 2 is 1.59 bits per heavy atom. The number of anilines is 1. The van der Waals surface area contributed by atoms with Crippen molar-refractivity contribution in [3.05, 3.63) is 70.2 Å². The number of aliphatic hydroxyl groups excluding tert-OH is 1. The molecule has 1 saturated heterocycles. The summed E-state index contributed by atoms with van der Waals surface area (Å²) in [5.74, 6) is -0.371. The lowest BCUT2D eigenvalue weighted by molar-refractivity contribution is -0.121. The van der Waals surface area contributed by atoms with Crippen molar-refractivity contribution >= 4 is 45.3 Å². The zero-order valence-electron chi connectivity index (χ0n) is 17.8. The maximum atomic E-state index is 12.3. The third-order valence-corrected chi connectivity index (χ3v) is 5.77. The standard InChI is InChI=1S/C25H27BrN2O4/c26-21-6-4-20(25(17-21)28-13-11-27(12-14-28)15-16-29)5-10-24(32)18-23(31)9-3-19-1-7-22(30)8-2-19/h1-10,17,29-30H,11-16,18H2/b9-3+,10-5+. The number of carbonyl (C=O) groups excluding carboxylic acids is 2. The van der Waals surface area contributed by atoms with Crippen molar-refractivity contribution < 1.29 is 19.8 Å². The van der Waals surface area contributed by atoms with Gasteiger partial charge in [0.2, 0.25) is 0 Å². The predicted octanol–water partition coefficient (Wildman–Crippen LogP) is 3.52. The first kappa shape index (κ1) is 23.9. The molecule has 3 rings (SSSR count). The van der Waals surface area contributed by atoms with Gasteiger partial charge in [0.25, 0.3) is 0 Å². The van der Waals surface area contributed by atoms with Gasteiger partial charge < -0.3 is 15.1 Å². The average molecular weight is 499 g/mol. The van der Waals surface area contributed by atoms with Crippen molar-refractivity contribution in [1.82, 2.24) is 4.90 Å². The first-order valence-corrected chi connectivity index (χ1v) is 11.3. The summed E-state index contributed by atoms with van der Waals surface area (Å²) in [7, 11) is 0. The van der Waals surface area contributed by atoms with E-state index in [-0.39, 0.29) is 30.3 Å². The number of aromatic hydroxyl groups is 1. The first-order chi connectivity index (χ1) is 15.4. The Balaban J connectivity index is 1.61. The van der Waals surface area contributed by atoms with E-state index in [1.165, 1.54) is 12.2 Å². The third kappa shape index (κ3) is 7.15. The molecule has 7 heteroatoms. The summed E-state index contributed by atoms with van der Waals surface area (Å²) in [5.41, 5.74) is 2.73. The van der Waals surface area contributed by atoms with Crippen LogP contribution >= 0.6 is 15.9 Å². The van der Waals surface area contributed by atoms with Crippen LogP contribution in [-0.2, 0) is 9.59 Å². The number of allylic oxidation sites excluding steroid dienone is 2. The number of nitrogens with zero attached hydrogens (tertiary/aromatic N) is 2. The normalized spacial score (nSPS) is 15.0. The Bertz CT molecular complexity index is 994. The van der Waals surface area contributed by atoms with Gasteiger partial charge in [-0.25, -0.2) is 0 Å². The van der Waals surface area contributed by atoms with Crippen LogP contribution in [-0.4, -0.2) is 66.0 Å². The van der Waals surface area contributed by atoms with Gasteiger partial charge in [-0.3, -0.25) is 14.5 Å². The minimum absolute atomic E-state index is 0.160. The van der Waals surface area contributed by atoms with Crippen LogP contribution in [0.4, 0.5) is 5.69 Å². The summed E-state index contributed by atoms with van der Waals surface area (Å²) in [4.78, 5) is 28.9. The number of halogens is 1. The van der Waals surface area contributed by atoms with Gasteiger partial charge in [-0.05, 0) is 53.6 Å². The van der Waals surface area contributed by atoms with Crippen LogP contribution in [0.5, 0.6) is 5.75 Å². The molecule has 1 fully saturated rings. The van der Waals surface area contributed by atoms with Gasteiger partial charge in [0.1, 0.15) is 5.75 Å². The van der Waals surface area contributed by atoms with Gasteiger partial charge in [0.15, 0.2) is 11.6 Å². The number of rotatable bonds is 9. The van der Waals surface area contributed by atoms with Crippen LogP contribution in [0.2, 0.25) is 0 Å².